The predicted octanol–water partition coefficient (Wildman–Crippen LogP) is -0.0451. The van der Waals surface area contributed by atoms with Crippen LogP contribution < -0.4 is 0 Å². The maximum absolute atomic E-state index is 12.4. The lowest BCUT2D eigenvalue weighted by molar-refractivity contribution is -0.163. The van der Waals surface area contributed by atoms with Crippen LogP contribution in [0.25, 0.3) is 0 Å². The molecule has 3 heterocycles. The minimum atomic E-state index is -0.347. The highest BCUT2D eigenvalue weighted by Crippen LogP contribution is 2.21. The molecule has 0 bridgehead atoms. The van der Waals surface area contributed by atoms with Crippen molar-refractivity contribution in [2.45, 2.75) is 25.6 Å². The van der Waals surface area contributed by atoms with Crippen molar-refractivity contribution in [2.75, 3.05) is 26.7 Å². The van der Waals surface area contributed by atoms with E-state index in [0.29, 0.717) is 13.1 Å². The summed E-state index contributed by atoms with van der Waals surface area (Å²) < 4.78 is 0. The Labute approximate surface area is 124 Å². The number of fused-ring (bicyclic) bond motifs is 1. The molecule has 0 radical (unpaired) electrons. The number of amides is 2. The average molecular weight is 288 g/mol. The van der Waals surface area contributed by atoms with E-state index in [1.807, 2.05) is 12.1 Å². The third kappa shape index (κ3) is 2.51. The Hall–Kier alpha value is -1.95. The molecule has 3 rings (SSSR count). The van der Waals surface area contributed by atoms with Gasteiger partial charge in [0.15, 0.2) is 0 Å². The molecule has 0 N–H and O–H groups in total. The van der Waals surface area contributed by atoms with Crippen molar-refractivity contribution in [3.8, 4) is 0 Å². The van der Waals surface area contributed by atoms with Crippen LogP contribution in [0.15, 0.2) is 24.5 Å². The highest BCUT2D eigenvalue weighted by Gasteiger charge is 2.44. The zero-order valence-electron chi connectivity index (χ0n) is 12.4. The Morgan fingerprint density at radius 1 is 1.19 bits per heavy atom. The summed E-state index contributed by atoms with van der Waals surface area (Å²) in [5.74, 6) is 0.104. The first-order chi connectivity index (χ1) is 10.1. The van der Waals surface area contributed by atoms with Crippen LogP contribution in [-0.4, -0.2) is 70.3 Å². The second-order valence-electron chi connectivity index (χ2n) is 5.76. The van der Waals surface area contributed by atoms with Crippen molar-refractivity contribution in [3.05, 3.63) is 30.1 Å². The van der Waals surface area contributed by atoms with Gasteiger partial charge in [0.05, 0.1) is 0 Å². The fourth-order valence-corrected chi connectivity index (χ4v) is 3.04. The number of hydrogen-bond donors (Lipinski definition) is 0. The van der Waals surface area contributed by atoms with E-state index in [4.69, 9.17) is 0 Å². The van der Waals surface area contributed by atoms with Gasteiger partial charge in [0.25, 0.3) is 0 Å². The number of likely N-dealkylation sites (N-methyl/N-ethyl adjacent to an activating group) is 1. The first-order valence-electron chi connectivity index (χ1n) is 7.26. The number of pyridine rings is 1. The van der Waals surface area contributed by atoms with Crippen LogP contribution in [0.4, 0.5) is 0 Å². The summed E-state index contributed by atoms with van der Waals surface area (Å²) in [7, 11) is 1.71. The third-order valence-electron chi connectivity index (χ3n) is 4.47. The van der Waals surface area contributed by atoms with Crippen molar-refractivity contribution in [3.63, 3.8) is 0 Å². The van der Waals surface area contributed by atoms with Crippen LogP contribution >= 0.6 is 0 Å². The number of aromatic nitrogens is 1. The molecule has 2 atom stereocenters. The van der Waals surface area contributed by atoms with E-state index in [9.17, 15) is 9.59 Å². The van der Waals surface area contributed by atoms with Crippen LogP contribution in [0.5, 0.6) is 0 Å². The fourth-order valence-electron chi connectivity index (χ4n) is 3.04. The summed E-state index contributed by atoms with van der Waals surface area (Å²) in [6.07, 6.45) is 3.55. The molecule has 6 heteroatoms. The zero-order chi connectivity index (χ0) is 15.0. The number of carbonyl (C=O) groups is 2. The molecule has 0 aliphatic carbocycles. The Morgan fingerprint density at radius 2 is 1.90 bits per heavy atom. The number of rotatable bonds is 2. The lowest BCUT2D eigenvalue weighted by atomic mass is 10.0. The van der Waals surface area contributed by atoms with E-state index < -0.39 is 0 Å². The van der Waals surface area contributed by atoms with E-state index in [1.165, 1.54) is 5.56 Å². The summed E-state index contributed by atoms with van der Waals surface area (Å²) in [5, 5.41) is 0. The van der Waals surface area contributed by atoms with E-state index in [0.717, 1.165) is 13.1 Å². The molecule has 2 aliphatic heterocycles. The fraction of sp³-hybridized carbons (Fsp3) is 0.533. The van der Waals surface area contributed by atoms with E-state index >= 15 is 0 Å². The molecule has 2 saturated heterocycles. The van der Waals surface area contributed by atoms with E-state index in [1.54, 1.807) is 36.2 Å². The lowest BCUT2D eigenvalue weighted by Crippen LogP contribution is -2.68. The van der Waals surface area contributed by atoms with Gasteiger partial charge in [0.2, 0.25) is 11.8 Å². The standard InChI is InChI=1S/C15H20N4O2/c1-11-14(20)19-8-7-18(9-12-3-5-16-6-4-12)10-13(19)15(21)17(11)2/h3-6,11,13H,7-10H2,1-2H3/t11-,13+/m0/s1. The SMILES string of the molecule is C[C@H]1C(=O)N2CCN(Cc3ccncc3)C[C@@H]2C(=O)N1C. The van der Waals surface area contributed by atoms with Crippen LogP contribution in [0.2, 0.25) is 0 Å². The molecule has 1 aromatic rings. The number of piperazine rings is 2. The molecule has 1 aromatic heterocycles. The topological polar surface area (TPSA) is 56.8 Å². The third-order valence-corrected chi connectivity index (χ3v) is 4.47. The van der Waals surface area contributed by atoms with Crippen molar-refractivity contribution in [1.29, 1.82) is 0 Å². The Kier molecular flexibility index (Phi) is 3.63. The number of carbonyl (C=O) groups excluding carboxylic acids is 2. The molecule has 21 heavy (non-hydrogen) atoms. The van der Waals surface area contributed by atoms with Gasteiger partial charge in [-0.15, -0.1) is 0 Å². The first kappa shape index (κ1) is 14.0. The van der Waals surface area contributed by atoms with Gasteiger partial charge in [-0.3, -0.25) is 19.5 Å². The van der Waals surface area contributed by atoms with Crippen molar-refractivity contribution < 1.29 is 9.59 Å². The van der Waals surface area contributed by atoms with Crippen LogP contribution in [0, 0.1) is 0 Å². The van der Waals surface area contributed by atoms with Gasteiger partial charge in [-0.2, -0.15) is 0 Å². The van der Waals surface area contributed by atoms with Crippen molar-refractivity contribution in [2.24, 2.45) is 0 Å². The van der Waals surface area contributed by atoms with E-state index in [2.05, 4.69) is 9.88 Å². The zero-order valence-corrected chi connectivity index (χ0v) is 12.4. The molecule has 0 unspecified atom stereocenters. The van der Waals surface area contributed by atoms with Gasteiger partial charge >= 0.3 is 0 Å². The highest BCUT2D eigenvalue weighted by atomic mass is 16.2. The molecular weight excluding hydrogens is 268 g/mol. The molecule has 2 amide bonds. The van der Waals surface area contributed by atoms with Crippen LogP contribution in [-0.2, 0) is 16.1 Å². The molecule has 0 saturated carbocycles. The first-order valence-corrected chi connectivity index (χ1v) is 7.26. The summed E-state index contributed by atoms with van der Waals surface area (Å²) in [4.78, 5) is 34.2. The Balaban J connectivity index is 1.72. The maximum atomic E-state index is 12.4. The molecule has 0 aromatic carbocycles. The van der Waals surface area contributed by atoms with Crippen LogP contribution in [0.3, 0.4) is 0 Å². The summed E-state index contributed by atoms with van der Waals surface area (Å²) in [6.45, 7) is 4.60. The van der Waals surface area contributed by atoms with E-state index in [-0.39, 0.29) is 23.9 Å². The van der Waals surface area contributed by atoms with Gasteiger partial charge in [-0.1, -0.05) is 0 Å². The van der Waals surface area contributed by atoms with Crippen molar-refractivity contribution >= 4 is 11.8 Å². The number of nitrogens with zero attached hydrogens (tertiary/aromatic N) is 4. The lowest BCUT2D eigenvalue weighted by Gasteiger charge is -2.47. The summed E-state index contributed by atoms with van der Waals surface area (Å²) in [6, 6.07) is 3.28. The van der Waals surface area contributed by atoms with Crippen LogP contribution in [0.1, 0.15) is 12.5 Å². The summed E-state index contributed by atoms with van der Waals surface area (Å²) >= 11 is 0. The molecule has 2 aliphatic rings. The highest BCUT2D eigenvalue weighted by molar-refractivity contribution is 5.96. The quantitative estimate of drug-likeness (QED) is 0.766. The largest absolute Gasteiger partial charge is 0.332 e. The maximum Gasteiger partial charge on any atom is 0.247 e. The molecule has 112 valence electrons. The minimum absolute atomic E-state index is 0.0431. The second kappa shape index (κ2) is 5.44. The molecule has 0 spiro atoms. The molecular formula is C15H20N4O2. The normalized spacial score (nSPS) is 27.0. The monoisotopic (exact) mass is 288 g/mol. The van der Waals surface area contributed by atoms with Crippen molar-refractivity contribution in [1.82, 2.24) is 19.7 Å². The van der Waals surface area contributed by atoms with Gasteiger partial charge in [-0.25, -0.2) is 0 Å². The molecule has 2 fully saturated rings. The Bertz CT molecular complexity index is 548. The predicted molar refractivity (Wildman–Crippen MR) is 77.2 cm³/mol. The molecule has 6 nitrogen and oxygen atoms in total. The van der Waals surface area contributed by atoms with Gasteiger partial charge < -0.3 is 9.80 Å². The Morgan fingerprint density at radius 3 is 2.62 bits per heavy atom. The smallest absolute Gasteiger partial charge is 0.247 e. The van der Waals surface area contributed by atoms with Gasteiger partial charge in [0.1, 0.15) is 12.1 Å². The summed E-state index contributed by atoms with van der Waals surface area (Å²) in [5.41, 5.74) is 1.18. The minimum Gasteiger partial charge on any atom is -0.332 e. The van der Waals surface area contributed by atoms with Gasteiger partial charge in [0, 0.05) is 45.6 Å². The second-order valence-corrected chi connectivity index (χ2v) is 5.76. The average Bonchev–Trinajstić information content (AvgIpc) is 2.52. The number of hydrogen-bond acceptors (Lipinski definition) is 4. The van der Waals surface area contributed by atoms with Gasteiger partial charge in [-0.05, 0) is 24.6 Å².